The first kappa shape index (κ1) is 37.2. The van der Waals surface area contributed by atoms with Crippen molar-refractivity contribution in [1.82, 2.24) is 19.5 Å². The Morgan fingerprint density at radius 2 is 1.03 bits per heavy atom. The number of nitrogens with zero attached hydrogens (tertiary/aromatic N) is 4. The molecular formula is C60H38N4OS. The van der Waals surface area contributed by atoms with Crippen LogP contribution in [0.3, 0.4) is 0 Å². The van der Waals surface area contributed by atoms with E-state index in [0.29, 0.717) is 17.5 Å². The van der Waals surface area contributed by atoms with Crippen molar-refractivity contribution >= 4 is 75.3 Å². The van der Waals surface area contributed by atoms with Crippen LogP contribution >= 0.6 is 11.3 Å². The van der Waals surface area contributed by atoms with E-state index in [-0.39, 0.29) is 5.41 Å². The summed E-state index contributed by atoms with van der Waals surface area (Å²) in [6, 6.07) is 69.5. The minimum atomic E-state index is -0.188. The van der Waals surface area contributed by atoms with Gasteiger partial charge in [-0.25, -0.2) is 15.0 Å². The summed E-state index contributed by atoms with van der Waals surface area (Å²) in [4.78, 5) is 15.4. The molecule has 0 unspecified atom stereocenters. The maximum atomic E-state index is 6.35. The third-order valence-corrected chi connectivity index (χ3v) is 15.0. The van der Waals surface area contributed by atoms with E-state index in [1.807, 2.05) is 24.3 Å². The number of aromatic nitrogens is 4. The Morgan fingerprint density at radius 3 is 1.89 bits per heavy atom. The van der Waals surface area contributed by atoms with E-state index in [9.17, 15) is 0 Å². The van der Waals surface area contributed by atoms with E-state index >= 15 is 0 Å². The average molecular weight is 863 g/mol. The fourth-order valence-electron chi connectivity index (χ4n) is 10.6. The quantitative estimate of drug-likeness (QED) is 0.173. The van der Waals surface area contributed by atoms with Crippen molar-refractivity contribution in [3.63, 3.8) is 0 Å². The molecule has 6 heteroatoms. The second-order valence-electron chi connectivity index (χ2n) is 18.0. The van der Waals surface area contributed by atoms with Crippen molar-refractivity contribution in [1.29, 1.82) is 0 Å². The number of hydrogen-bond acceptors (Lipinski definition) is 5. The molecule has 1 aliphatic carbocycles. The number of fused-ring (bicyclic) bond motifs is 12. The molecule has 0 fully saturated rings. The lowest BCUT2D eigenvalue weighted by molar-refractivity contribution is 0.647. The van der Waals surface area contributed by atoms with Crippen molar-refractivity contribution in [2.45, 2.75) is 19.3 Å². The molecular weight excluding hydrogens is 825 g/mol. The average Bonchev–Trinajstić information content (AvgIpc) is 4.09. The SMILES string of the molecule is CC1(C)c2cc(-c3ccc4c(c3)c3ccccc3n4-c3cccc(-c4nc(-c5ccccc5)nc(-c5ccc6c(c5)sc5ccccc56)n4)c3)ccc2-c2cc3c(cc21)oc1ccccc13. The second kappa shape index (κ2) is 13.9. The van der Waals surface area contributed by atoms with E-state index < -0.39 is 0 Å². The van der Waals surface area contributed by atoms with Crippen molar-refractivity contribution < 1.29 is 4.42 Å². The van der Waals surface area contributed by atoms with Crippen molar-refractivity contribution in [3.8, 4) is 62.1 Å². The van der Waals surface area contributed by atoms with E-state index in [2.05, 4.69) is 188 Å². The lowest BCUT2D eigenvalue weighted by Crippen LogP contribution is -2.15. The van der Waals surface area contributed by atoms with Gasteiger partial charge in [-0.3, -0.25) is 0 Å². The molecule has 0 bridgehead atoms. The molecule has 9 aromatic carbocycles. The zero-order chi connectivity index (χ0) is 43.7. The minimum absolute atomic E-state index is 0.188. The molecule has 1 aliphatic rings. The Morgan fingerprint density at radius 1 is 0.394 bits per heavy atom. The zero-order valence-corrected chi connectivity index (χ0v) is 36.9. The monoisotopic (exact) mass is 862 g/mol. The smallest absolute Gasteiger partial charge is 0.164 e. The van der Waals surface area contributed by atoms with Crippen LogP contribution < -0.4 is 0 Å². The van der Waals surface area contributed by atoms with Gasteiger partial charge in [0.2, 0.25) is 0 Å². The van der Waals surface area contributed by atoms with Crippen LogP contribution in [0.25, 0.3) is 126 Å². The lowest BCUT2D eigenvalue weighted by Gasteiger charge is -2.22. The van der Waals surface area contributed by atoms with Crippen molar-refractivity contribution in [2.75, 3.05) is 0 Å². The molecule has 310 valence electrons. The molecule has 0 spiro atoms. The van der Waals surface area contributed by atoms with Crippen LogP contribution in [0, 0.1) is 0 Å². The predicted octanol–water partition coefficient (Wildman–Crippen LogP) is 16.2. The number of thiophene rings is 1. The van der Waals surface area contributed by atoms with Gasteiger partial charge >= 0.3 is 0 Å². The standard InChI is InChI=1S/C60H38N4OS/c1-60(2)49-31-37(23-26-41(49)46-33-48-43-18-7-10-21-53(43)65-54(48)34-50(46)60)36-25-28-52-47(30-36)42-17-6-9-20-51(42)64(52)40-16-12-15-38(29-40)58-61-57(35-13-4-3-5-14-35)62-59(63-58)39-24-27-45-44-19-8-11-22-55(44)66-56(45)32-39/h3-34H,1-2H3. The highest BCUT2D eigenvalue weighted by atomic mass is 32.1. The Balaban J connectivity index is 0.872. The molecule has 4 aromatic heterocycles. The van der Waals surface area contributed by atoms with Gasteiger partial charge in [-0.1, -0.05) is 141 Å². The fraction of sp³-hybridized carbons (Fsp3) is 0.0500. The summed E-state index contributed by atoms with van der Waals surface area (Å²) < 4.78 is 11.2. The Hall–Kier alpha value is -8.19. The van der Waals surface area contributed by atoms with Crippen LogP contribution in [0.4, 0.5) is 0 Å². The van der Waals surface area contributed by atoms with Crippen molar-refractivity contribution in [3.05, 3.63) is 205 Å². The Labute approximate surface area is 383 Å². The molecule has 0 saturated heterocycles. The van der Waals surface area contributed by atoms with Crippen LogP contribution in [0.1, 0.15) is 25.0 Å². The van der Waals surface area contributed by atoms with Crippen LogP contribution in [-0.4, -0.2) is 19.5 Å². The third-order valence-electron chi connectivity index (χ3n) is 13.8. The largest absolute Gasteiger partial charge is 0.456 e. The van der Waals surface area contributed by atoms with E-state index in [4.69, 9.17) is 19.4 Å². The summed E-state index contributed by atoms with van der Waals surface area (Å²) in [5, 5.41) is 7.25. The highest BCUT2D eigenvalue weighted by molar-refractivity contribution is 7.25. The molecule has 5 nitrogen and oxygen atoms in total. The van der Waals surface area contributed by atoms with E-state index in [1.54, 1.807) is 11.3 Å². The van der Waals surface area contributed by atoms with Gasteiger partial charge in [-0.2, -0.15) is 0 Å². The maximum Gasteiger partial charge on any atom is 0.164 e. The molecule has 14 rings (SSSR count). The van der Waals surface area contributed by atoms with Gasteiger partial charge in [0.1, 0.15) is 11.2 Å². The Kier molecular flexibility index (Phi) is 7.84. The zero-order valence-electron chi connectivity index (χ0n) is 36.1. The van der Waals surface area contributed by atoms with Crippen LogP contribution in [0.2, 0.25) is 0 Å². The van der Waals surface area contributed by atoms with Gasteiger partial charge < -0.3 is 8.98 Å². The summed E-state index contributed by atoms with van der Waals surface area (Å²) in [5.74, 6) is 1.92. The highest BCUT2D eigenvalue weighted by Gasteiger charge is 2.36. The summed E-state index contributed by atoms with van der Waals surface area (Å²) in [6.45, 7) is 4.68. The predicted molar refractivity (Wildman–Crippen MR) is 274 cm³/mol. The molecule has 4 heterocycles. The Bertz CT molecular complexity index is 4160. The number of rotatable bonds is 5. The van der Waals surface area contributed by atoms with Crippen LogP contribution in [0.5, 0.6) is 0 Å². The van der Waals surface area contributed by atoms with E-state index in [0.717, 1.165) is 50.0 Å². The summed E-state index contributed by atoms with van der Waals surface area (Å²) in [6.07, 6.45) is 0. The first-order valence-electron chi connectivity index (χ1n) is 22.4. The highest BCUT2D eigenvalue weighted by Crippen LogP contribution is 2.52. The second-order valence-corrected chi connectivity index (χ2v) is 19.1. The fourth-order valence-corrected chi connectivity index (χ4v) is 11.7. The van der Waals surface area contributed by atoms with Crippen molar-refractivity contribution in [2.24, 2.45) is 0 Å². The first-order chi connectivity index (χ1) is 32.4. The lowest BCUT2D eigenvalue weighted by atomic mass is 9.81. The molecule has 13 aromatic rings. The number of para-hydroxylation sites is 2. The summed E-state index contributed by atoms with van der Waals surface area (Å²) in [5.41, 5.74) is 15.5. The topological polar surface area (TPSA) is 56.7 Å². The van der Waals surface area contributed by atoms with E-state index in [1.165, 1.54) is 69.7 Å². The van der Waals surface area contributed by atoms with Gasteiger partial charge in [0, 0.05) is 69.5 Å². The third kappa shape index (κ3) is 5.55. The molecule has 0 aliphatic heterocycles. The summed E-state index contributed by atoms with van der Waals surface area (Å²) >= 11 is 1.80. The number of hydrogen-bond donors (Lipinski definition) is 0. The van der Waals surface area contributed by atoms with Crippen LogP contribution in [0.15, 0.2) is 199 Å². The molecule has 0 atom stereocenters. The molecule has 0 N–H and O–H groups in total. The van der Waals surface area contributed by atoms with Gasteiger partial charge in [0.25, 0.3) is 0 Å². The number of benzene rings is 9. The first-order valence-corrected chi connectivity index (χ1v) is 23.2. The van der Waals surface area contributed by atoms with Gasteiger partial charge in [-0.05, 0) is 100 Å². The molecule has 66 heavy (non-hydrogen) atoms. The summed E-state index contributed by atoms with van der Waals surface area (Å²) in [7, 11) is 0. The number of furan rings is 1. The molecule has 0 saturated carbocycles. The maximum absolute atomic E-state index is 6.35. The minimum Gasteiger partial charge on any atom is -0.456 e. The molecule has 0 radical (unpaired) electrons. The molecule has 0 amide bonds. The van der Waals surface area contributed by atoms with Gasteiger partial charge in [0.05, 0.1) is 11.0 Å². The van der Waals surface area contributed by atoms with Gasteiger partial charge in [-0.15, -0.1) is 11.3 Å². The van der Waals surface area contributed by atoms with Crippen LogP contribution in [-0.2, 0) is 5.41 Å². The normalized spacial score (nSPS) is 13.1. The van der Waals surface area contributed by atoms with Gasteiger partial charge in [0.15, 0.2) is 17.5 Å².